The lowest BCUT2D eigenvalue weighted by molar-refractivity contribution is -0.118. The first kappa shape index (κ1) is 14.4. The zero-order valence-electron chi connectivity index (χ0n) is 13.0. The Bertz CT molecular complexity index is 538. The van der Waals surface area contributed by atoms with Gasteiger partial charge in [-0.15, -0.1) is 0 Å². The molecule has 0 aromatic carbocycles. The molecule has 4 heteroatoms. The lowest BCUT2D eigenvalue weighted by Gasteiger charge is -2.26. The Balaban J connectivity index is 1.71. The molecule has 0 unspecified atom stereocenters. The van der Waals surface area contributed by atoms with E-state index in [1.807, 2.05) is 12.4 Å². The minimum Gasteiger partial charge on any atom is -0.352 e. The summed E-state index contributed by atoms with van der Waals surface area (Å²) in [6, 6.07) is 0.583. The highest BCUT2D eigenvalue weighted by molar-refractivity contribution is 5.98. The van der Waals surface area contributed by atoms with Crippen LogP contribution in [0.5, 0.6) is 0 Å². The van der Waals surface area contributed by atoms with Crippen LogP contribution in [-0.2, 0) is 4.79 Å². The second kappa shape index (κ2) is 6.04. The Morgan fingerprint density at radius 3 is 2.76 bits per heavy atom. The Hall–Kier alpha value is -1.58. The Kier molecular flexibility index (Phi) is 4.13. The summed E-state index contributed by atoms with van der Waals surface area (Å²) < 4.78 is 2.24. The molecule has 1 aromatic heterocycles. The van der Waals surface area contributed by atoms with Gasteiger partial charge < -0.3 is 9.88 Å². The van der Waals surface area contributed by atoms with Gasteiger partial charge in [-0.05, 0) is 50.0 Å². The average molecular weight is 287 g/mol. The highest BCUT2D eigenvalue weighted by Crippen LogP contribution is 2.32. The van der Waals surface area contributed by atoms with Gasteiger partial charge in [0, 0.05) is 24.4 Å². The summed E-state index contributed by atoms with van der Waals surface area (Å²) >= 11 is 0. The summed E-state index contributed by atoms with van der Waals surface area (Å²) in [5.74, 6) is 1.43. The highest BCUT2D eigenvalue weighted by Gasteiger charge is 2.21. The molecule has 0 bridgehead atoms. The minimum atomic E-state index is 0.0640. The van der Waals surface area contributed by atoms with Gasteiger partial charge in [0.05, 0.1) is 12.0 Å². The maximum absolute atomic E-state index is 11.9. The first-order valence-electron chi connectivity index (χ1n) is 8.14. The van der Waals surface area contributed by atoms with E-state index in [0.717, 1.165) is 30.2 Å². The van der Waals surface area contributed by atoms with Crippen molar-refractivity contribution in [3.05, 3.63) is 23.8 Å². The second-order valence-corrected chi connectivity index (χ2v) is 6.85. The summed E-state index contributed by atoms with van der Waals surface area (Å²) in [4.78, 5) is 16.3. The molecule has 3 rings (SSSR count). The second-order valence-electron chi connectivity index (χ2n) is 6.85. The number of nitrogens with one attached hydrogen (secondary N) is 1. The zero-order chi connectivity index (χ0) is 14.8. The third-order valence-electron chi connectivity index (χ3n) is 4.82. The number of piperidine rings is 1. The fourth-order valence-corrected chi connectivity index (χ4v) is 3.39. The first-order chi connectivity index (χ1) is 10.1. The molecule has 21 heavy (non-hydrogen) atoms. The number of hydrogen-bond acceptors (Lipinski definition) is 2. The molecule has 1 amide bonds. The molecule has 0 spiro atoms. The summed E-state index contributed by atoms with van der Waals surface area (Å²) in [7, 11) is 0. The van der Waals surface area contributed by atoms with Crippen molar-refractivity contribution in [2.45, 2.75) is 52.0 Å². The third-order valence-corrected chi connectivity index (χ3v) is 4.82. The van der Waals surface area contributed by atoms with Crippen LogP contribution in [0.15, 0.2) is 18.1 Å². The van der Waals surface area contributed by atoms with Crippen LogP contribution >= 0.6 is 0 Å². The molecule has 1 aliphatic carbocycles. The van der Waals surface area contributed by atoms with Crippen molar-refractivity contribution in [2.24, 2.45) is 11.8 Å². The summed E-state index contributed by atoms with van der Waals surface area (Å²) in [5.41, 5.74) is 1.77. The Labute approximate surface area is 126 Å². The van der Waals surface area contributed by atoms with Crippen LogP contribution in [0.1, 0.15) is 57.7 Å². The maximum Gasteiger partial charge on any atom is 0.247 e. The summed E-state index contributed by atoms with van der Waals surface area (Å²) in [5, 5.41) is 2.94. The topological polar surface area (TPSA) is 46.9 Å². The van der Waals surface area contributed by atoms with Gasteiger partial charge in [0.2, 0.25) is 5.91 Å². The molecule has 1 saturated heterocycles. The molecule has 1 aliphatic heterocycles. The van der Waals surface area contributed by atoms with Crippen LogP contribution in [0.4, 0.5) is 0 Å². The predicted molar refractivity (Wildman–Crippen MR) is 83.7 cm³/mol. The minimum absolute atomic E-state index is 0.0640. The molecule has 2 fully saturated rings. The van der Waals surface area contributed by atoms with Crippen molar-refractivity contribution in [1.29, 1.82) is 0 Å². The van der Waals surface area contributed by atoms with Gasteiger partial charge in [-0.1, -0.05) is 13.8 Å². The number of imidazole rings is 1. The van der Waals surface area contributed by atoms with Gasteiger partial charge >= 0.3 is 0 Å². The number of aromatic nitrogens is 2. The molecular formula is C17H25N3O. The summed E-state index contributed by atoms with van der Waals surface area (Å²) in [6.07, 6.45) is 11.9. The largest absolute Gasteiger partial charge is 0.352 e. The third kappa shape index (κ3) is 3.36. The number of rotatable bonds is 2. The molecule has 2 heterocycles. The van der Waals surface area contributed by atoms with Crippen LogP contribution in [0, 0.1) is 11.8 Å². The number of amides is 1. The van der Waals surface area contributed by atoms with Crippen molar-refractivity contribution in [1.82, 2.24) is 14.9 Å². The molecule has 1 saturated carbocycles. The van der Waals surface area contributed by atoms with E-state index in [4.69, 9.17) is 0 Å². The number of hydrogen-bond donors (Lipinski definition) is 1. The van der Waals surface area contributed by atoms with Gasteiger partial charge in [0.15, 0.2) is 0 Å². The highest BCUT2D eigenvalue weighted by atomic mass is 16.1. The normalized spacial score (nSPS) is 32.2. The lowest BCUT2D eigenvalue weighted by Crippen LogP contribution is -2.35. The monoisotopic (exact) mass is 287 g/mol. The first-order valence-corrected chi connectivity index (χ1v) is 8.14. The van der Waals surface area contributed by atoms with Crippen molar-refractivity contribution in [2.75, 3.05) is 6.54 Å². The van der Waals surface area contributed by atoms with Crippen molar-refractivity contribution >= 4 is 12.0 Å². The van der Waals surface area contributed by atoms with Crippen LogP contribution in [0.3, 0.4) is 0 Å². The number of carbonyl (C=O) groups excluding carboxylic acids is 1. The van der Waals surface area contributed by atoms with E-state index < -0.39 is 0 Å². The van der Waals surface area contributed by atoms with E-state index in [0.29, 0.717) is 12.0 Å². The fraction of sp³-hybridized carbons (Fsp3) is 0.647. The maximum atomic E-state index is 11.9. The lowest BCUT2D eigenvalue weighted by atomic mass is 9.87. The molecule has 4 nitrogen and oxygen atoms in total. The van der Waals surface area contributed by atoms with Crippen molar-refractivity contribution in [3.63, 3.8) is 0 Å². The van der Waals surface area contributed by atoms with E-state index in [9.17, 15) is 4.79 Å². The molecule has 1 aromatic rings. The zero-order valence-corrected chi connectivity index (χ0v) is 13.0. The van der Waals surface area contributed by atoms with Crippen LogP contribution in [0.25, 0.3) is 6.08 Å². The number of nitrogens with zero attached hydrogens (tertiary/aromatic N) is 2. The van der Waals surface area contributed by atoms with E-state index in [1.54, 1.807) is 0 Å². The van der Waals surface area contributed by atoms with Crippen LogP contribution in [-0.4, -0.2) is 22.0 Å². The quantitative estimate of drug-likeness (QED) is 0.849. The fourth-order valence-electron chi connectivity index (χ4n) is 3.39. The van der Waals surface area contributed by atoms with Crippen LogP contribution in [0.2, 0.25) is 0 Å². The molecule has 0 radical (unpaired) electrons. The molecular weight excluding hydrogens is 262 g/mol. The van der Waals surface area contributed by atoms with Gasteiger partial charge in [0.25, 0.3) is 0 Å². The molecule has 2 aliphatic rings. The van der Waals surface area contributed by atoms with Gasteiger partial charge in [-0.2, -0.15) is 0 Å². The van der Waals surface area contributed by atoms with Gasteiger partial charge in [-0.25, -0.2) is 4.98 Å². The van der Waals surface area contributed by atoms with E-state index in [2.05, 4.69) is 34.9 Å². The Morgan fingerprint density at radius 2 is 2.00 bits per heavy atom. The average Bonchev–Trinajstić information content (AvgIpc) is 2.92. The Morgan fingerprint density at radius 1 is 1.24 bits per heavy atom. The van der Waals surface area contributed by atoms with Gasteiger partial charge in [-0.3, -0.25) is 4.79 Å². The van der Waals surface area contributed by atoms with E-state index >= 15 is 0 Å². The molecule has 1 N–H and O–H groups in total. The molecule has 114 valence electrons. The van der Waals surface area contributed by atoms with Crippen LogP contribution < -0.4 is 5.32 Å². The number of carbonyl (C=O) groups is 1. The SMILES string of the molecule is C[C@H]1CNC(=O)C(=Cc2cn([C@H]3CC[C@H](C)CC3)cn2)C1. The predicted octanol–water partition coefficient (Wildman–Crippen LogP) is 3.17. The van der Waals surface area contributed by atoms with Crippen molar-refractivity contribution in [3.8, 4) is 0 Å². The smallest absolute Gasteiger partial charge is 0.247 e. The molecule has 1 atom stereocenters. The van der Waals surface area contributed by atoms with E-state index in [-0.39, 0.29) is 5.91 Å². The van der Waals surface area contributed by atoms with Crippen molar-refractivity contribution < 1.29 is 4.79 Å². The summed E-state index contributed by atoms with van der Waals surface area (Å²) in [6.45, 7) is 5.28. The van der Waals surface area contributed by atoms with Gasteiger partial charge in [0.1, 0.15) is 0 Å². The standard InChI is InChI=1S/C17H25N3O/c1-12-3-5-16(6-4-12)20-10-15(19-11-20)8-14-7-13(2)9-18-17(14)21/h8,10-13,16H,3-7,9H2,1-2H3,(H,18,21)/t12-,13-,16-/m1/s1. The van der Waals surface area contributed by atoms with E-state index in [1.165, 1.54) is 25.7 Å².